The van der Waals surface area contributed by atoms with Crippen LogP contribution in [0.2, 0.25) is 0 Å². The van der Waals surface area contributed by atoms with Gasteiger partial charge in [-0.2, -0.15) is 0 Å². The number of nitrogens with two attached hydrogens (primary N) is 1. The van der Waals surface area contributed by atoms with Crippen LogP contribution in [-0.2, 0) is 25.4 Å². The number of ether oxygens (including phenoxy) is 2. The van der Waals surface area contributed by atoms with Crippen molar-refractivity contribution in [1.29, 1.82) is 0 Å². The van der Waals surface area contributed by atoms with E-state index < -0.39 is 13.5 Å². The van der Waals surface area contributed by atoms with Crippen LogP contribution in [0.3, 0.4) is 0 Å². The van der Waals surface area contributed by atoms with Crippen molar-refractivity contribution < 1.29 is 18.8 Å². The highest BCUT2D eigenvalue weighted by molar-refractivity contribution is 7.59. The number of hydrogen-bond acceptors (Lipinski definition) is 8. The van der Waals surface area contributed by atoms with Crippen molar-refractivity contribution in [2.45, 2.75) is 91.5 Å². The maximum Gasteiger partial charge on any atom is 0.323 e. The van der Waals surface area contributed by atoms with Gasteiger partial charge in [0.05, 0.1) is 25.6 Å². The summed E-state index contributed by atoms with van der Waals surface area (Å²) in [7, 11) is -1.58. The van der Waals surface area contributed by atoms with E-state index >= 15 is 0 Å². The van der Waals surface area contributed by atoms with Crippen molar-refractivity contribution in [2.24, 2.45) is 0 Å². The summed E-state index contributed by atoms with van der Waals surface area (Å²) in [4.78, 5) is 25.1. The number of nitrogens with one attached hydrogen (secondary N) is 1. The van der Waals surface area contributed by atoms with Crippen molar-refractivity contribution in [3.05, 3.63) is 12.7 Å². The number of carbonyl (C=O) groups excluding carboxylic acids is 1. The summed E-state index contributed by atoms with van der Waals surface area (Å²) in [6, 6.07) is -0.683. The van der Waals surface area contributed by atoms with Crippen molar-refractivity contribution in [2.75, 3.05) is 25.7 Å². The third-order valence-corrected chi connectivity index (χ3v) is 8.67. The summed E-state index contributed by atoms with van der Waals surface area (Å²) in [5, 5.41) is 3.25. The first-order valence-electron chi connectivity index (χ1n) is 12.4. The van der Waals surface area contributed by atoms with Gasteiger partial charge in [-0.1, -0.05) is 33.1 Å². The Morgan fingerprint density at radius 2 is 1.94 bits per heavy atom. The Kier molecular flexibility index (Phi) is 11.6. The van der Waals surface area contributed by atoms with Crippen LogP contribution in [0.25, 0.3) is 11.2 Å². The summed E-state index contributed by atoms with van der Waals surface area (Å²) in [5.74, 6) is -0.0675. The van der Waals surface area contributed by atoms with E-state index in [2.05, 4.69) is 33.9 Å². The van der Waals surface area contributed by atoms with Gasteiger partial charge in [0.25, 0.3) is 0 Å². The smallest absolute Gasteiger partial charge is 0.323 e. The molecule has 0 aromatic carbocycles. The molecule has 0 amide bonds. The second kappa shape index (κ2) is 13.9. The minimum Gasteiger partial charge on any atom is -0.465 e. The molecular weight excluding hydrogens is 469 g/mol. The van der Waals surface area contributed by atoms with E-state index in [0.29, 0.717) is 30.1 Å². The lowest BCUT2D eigenvalue weighted by atomic mass is 10.2. The van der Waals surface area contributed by atoms with E-state index in [1.165, 1.54) is 6.33 Å². The molecule has 2 unspecified atom stereocenters. The minimum absolute atomic E-state index is 0.00256. The number of rotatable bonds is 16. The van der Waals surface area contributed by atoms with Crippen LogP contribution in [0.1, 0.15) is 66.7 Å². The molecule has 12 heteroatoms. The van der Waals surface area contributed by atoms with E-state index in [0.717, 1.165) is 32.1 Å². The van der Waals surface area contributed by atoms with Gasteiger partial charge in [0.2, 0.25) is 7.44 Å². The number of hydrogen-bond donors (Lipinski definition) is 2. The Morgan fingerprint density at radius 1 is 1.20 bits per heavy atom. The topological polar surface area (TPSA) is 137 Å². The fourth-order valence-electron chi connectivity index (χ4n) is 3.73. The second-order valence-corrected chi connectivity index (χ2v) is 11.6. The van der Waals surface area contributed by atoms with E-state index in [-0.39, 0.29) is 24.5 Å². The molecular formula is C23H42N7O4P. The second-order valence-electron chi connectivity index (χ2n) is 9.08. The monoisotopic (exact) mass is 511 g/mol. The molecule has 4 atom stereocenters. The highest BCUT2D eigenvalue weighted by Gasteiger charge is 2.36. The highest BCUT2D eigenvalue weighted by Crippen LogP contribution is 2.47. The number of anilines is 1. The maximum absolute atomic E-state index is 14.1. The first-order valence-corrected chi connectivity index (χ1v) is 14.3. The predicted molar refractivity (Wildman–Crippen MR) is 138 cm³/mol. The van der Waals surface area contributed by atoms with Gasteiger partial charge in [-0.25, -0.2) is 19.6 Å². The predicted octanol–water partition coefficient (Wildman–Crippen LogP) is 3.80. The molecule has 0 saturated carbocycles. The number of imidazole rings is 1. The minimum atomic E-state index is -3.26. The van der Waals surface area contributed by atoms with Crippen LogP contribution in [0.4, 0.5) is 5.82 Å². The summed E-state index contributed by atoms with van der Waals surface area (Å²) < 4.78 is 29.0. The first kappa shape index (κ1) is 29.2. The zero-order valence-corrected chi connectivity index (χ0v) is 22.8. The number of nitrogens with zero attached hydrogens (tertiary/aromatic N) is 5. The van der Waals surface area contributed by atoms with Crippen molar-refractivity contribution in [3.63, 3.8) is 0 Å². The molecule has 2 rings (SSSR count). The van der Waals surface area contributed by atoms with E-state index in [1.807, 2.05) is 18.4 Å². The van der Waals surface area contributed by atoms with Crippen LogP contribution >= 0.6 is 7.44 Å². The Balaban J connectivity index is 2.08. The quantitative estimate of drug-likeness (QED) is 0.194. The molecule has 2 aromatic heterocycles. The summed E-state index contributed by atoms with van der Waals surface area (Å²) in [6.45, 7) is 10.6. The lowest BCUT2D eigenvalue weighted by Crippen LogP contribution is -2.42. The molecule has 0 saturated heterocycles. The zero-order valence-electron chi connectivity index (χ0n) is 21.9. The SMILES string of the molecule is CCCCCOC(=O)[C@@H](C)N(C)P(=O)(CO[C@H](C)Cn1cnc2c(N)ncnc21)NC(C)CCC. The summed E-state index contributed by atoms with van der Waals surface area (Å²) >= 11 is 0. The fraction of sp³-hybridized carbons (Fsp3) is 0.739. The van der Waals surface area contributed by atoms with E-state index in [9.17, 15) is 9.36 Å². The number of esters is 1. The number of unbranched alkanes of at least 4 members (excludes halogenated alkanes) is 2. The molecule has 11 nitrogen and oxygen atoms in total. The van der Waals surface area contributed by atoms with Gasteiger partial charge in [-0.05, 0) is 40.7 Å². The molecule has 0 fully saturated rings. The van der Waals surface area contributed by atoms with Crippen molar-refractivity contribution in [1.82, 2.24) is 29.3 Å². The fourth-order valence-corrected chi connectivity index (χ4v) is 6.10. The van der Waals surface area contributed by atoms with E-state index in [4.69, 9.17) is 15.2 Å². The number of carbonyl (C=O) groups is 1. The van der Waals surface area contributed by atoms with E-state index in [1.54, 1.807) is 25.0 Å². The molecule has 0 radical (unpaired) electrons. The Morgan fingerprint density at radius 3 is 2.63 bits per heavy atom. The molecule has 198 valence electrons. The molecule has 2 aromatic rings. The van der Waals surface area contributed by atoms with Gasteiger partial charge in [0.15, 0.2) is 11.5 Å². The van der Waals surface area contributed by atoms with Gasteiger partial charge in [-0.3, -0.25) is 14.4 Å². The largest absolute Gasteiger partial charge is 0.465 e. The van der Waals surface area contributed by atoms with Crippen molar-refractivity contribution in [3.8, 4) is 0 Å². The van der Waals surface area contributed by atoms with Crippen LogP contribution < -0.4 is 10.8 Å². The molecule has 0 bridgehead atoms. The van der Waals surface area contributed by atoms with Crippen molar-refractivity contribution >= 4 is 30.4 Å². The third kappa shape index (κ3) is 8.24. The Labute approximate surface area is 208 Å². The first-order chi connectivity index (χ1) is 16.6. The summed E-state index contributed by atoms with van der Waals surface area (Å²) in [5.41, 5.74) is 7.02. The third-order valence-electron chi connectivity index (χ3n) is 5.96. The molecule has 0 aliphatic heterocycles. The van der Waals surface area contributed by atoms with Gasteiger partial charge in [-0.15, -0.1) is 0 Å². The Bertz CT molecular complexity index is 986. The number of likely N-dealkylation sites (N-methyl/N-ethyl adjacent to an activating group) is 1. The number of aromatic nitrogens is 4. The van der Waals surface area contributed by atoms with Crippen LogP contribution in [0, 0.1) is 0 Å². The van der Waals surface area contributed by atoms with Gasteiger partial charge < -0.3 is 19.8 Å². The number of fused-ring (bicyclic) bond motifs is 1. The maximum atomic E-state index is 14.1. The number of nitrogen functional groups attached to an aromatic ring is 1. The molecule has 0 spiro atoms. The van der Waals surface area contributed by atoms with Gasteiger partial charge in [0, 0.05) is 6.04 Å². The molecule has 0 aliphatic rings. The highest BCUT2D eigenvalue weighted by atomic mass is 31.2. The lowest BCUT2D eigenvalue weighted by Gasteiger charge is -2.34. The van der Waals surface area contributed by atoms with Crippen LogP contribution in [0.5, 0.6) is 0 Å². The molecule has 0 aliphatic carbocycles. The van der Waals surface area contributed by atoms with Gasteiger partial charge in [0.1, 0.15) is 24.2 Å². The van der Waals surface area contributed by atoms with Crippen LogP contribution in [0.15, 0.2) is 12.7 Å². The average Bonchev–Trinajstić information content (AvgIpc) is 3.23. The molecule has 35 heavy (non-hydrogen) atoms. The molecule has 2 heterocycles. The summed E-state index contributed by atoms with van der Waals surface area (Å²) in [6.07, 6.45) is 7.34. The van der Waals surface area contributed by atoms with Crippen LogP contribution in [-0.4, -0.2) is 68.3 Å². The molecule has 3 N–H and O–H groups in total. The normalized spacial score (nSPS) is 16.2. The standard InChI is InChI=1S/C23H42N7O4P/c1-7-9-10-12-33-23(31)19(5)29(6)35(32,28-17(3)11-8-2)16-34-18(4)13-30-15-27-20-21(24)25-14-26-22(20)30/h14-15,17-19H,7-13,16H2,1-6H3,(H,28,32)(H2,24,25,26)/t17?,18-,19-,35?/m1/s1. The lowest BCUT2D eigenvalue weighted by molar-refractivity contribution is -0.147. The van der Waals surface area contributed by atoms with Gasteiger partial charge >= 0.3 is 5.97 Å². The zero-order chi connectivity index (χ0) is 26.0. The Hall–Kier alpha value is -2.07. The average molecular weight is 512 g/mol.